The number of rotatable bonds is 22. The van der Waals surface area contributed by atoms with Crippen molar-refractivity contribution in [2.75, 3.05) is 128 Å². The van der Waals surface area contributed by atoms with Crippen molar-refractivity contribution >= 4 is 23.2 Å². The van der Waals surface area contributed by atoms with Crippen LogP contribution >= 0.6 is 0 Å². The quantitative estimate of drug-likeness (QED) is 0.0504. The summed E-state index contributed by atoms with van der Waals surface area (Å²) < 4.78 is 52.9. The summed E-state index contributed by atoms with van der Waals surface area (Å²) in [4.78, 5) is 75.1. The van der Waals surface area contributed by atoms with Gasteiger partial charge in [0.1, 0.15) is 48.6 Å². The Kier molecular flexibility index (Phi) is 21.3. The van der Waals surface area contributed by atoms with Crippen molar-refractivity contribution in [1.29, 1.82) is 0 Å². The molecule has 4 saturated heterocycles. The molecule has 18 nitrogen and oxygen atoms in total. The van der Waals surface area contributed by atoms with Crippen molar-refractivity contribution in [1.82, 2.24) is 40.2 Å². The monoisotopic (exact) mass is 1390 g/mol. The van der Waals surface area contributed by atoms with Gasteiger partial charge in [-0.05, 0) is 108 Å². The number of benzene rings is 5. The molecule has 5 aromatic carbocycles. The van der Waals surface area contributed by atoms with Gasteiger partial charge in [0.15, 0.2) is 0 Å². The van der Waals surface area contributed by atoms with E-state index in [0.29, 0.717) is 76.6 Å². The molecule has 0 bridgehead atoms. The largest absolute Gasteiger partial charge is 0.491 e. The van der Waals surface area contributed by atoms with Crippen LogP contribution in [0.1, 0.15) is 125 Å². The van der Waals surface area contributed by atoms with E-state index in [0.717, 1.165) is 97.7 Å². The molecule has 2 amide bonds. The van der Waals surface area contributed by atoms with Crippen molar-refractivity contribution in [3.05, 3.63) is 222 Å². The topological polar surface area (TPSA) is 180 Å². The number of ether oxygens (including phenoxy) is 4. The van der Waals surface area contributed by atoms with Crippen molar-refractivity contribution in [2.24, 2.45) is 0 Å². The lowest BCUT2D eigenvalue weighted by molar-refractivity contribution is -0.121. The van der Waals surface area contributed by atoms with E-state index >= 15 is 0 Å². The van der Waals surface area contributed by atoms with E-state index in [9.17, 15) is 28.0 Å². The number of carbonyl (C=O) groups is 2. The summed E-state index contributed by atoms with van der Waals surface area (Å²) in [6, 6.07) is 42.5. The van der Waals surface area contributed by atoms with Crippen LogP contribution in [0.4, 0.5) is 20.2 Å². The van der Waals surface area contributed by atoms with Crippen molar-refractivity contribution in [3.8, 4) is 11.5 Å². The van der Waals surface area contributed by atoms with E-state index in [1.165, 1.54) is 46.5 Å². The van der Waals surface area contributed by atoms with Gasteiger partial charge in [-0.3, -0.25) is 38.8 Å². The first-order chi connectivity index (χ1) is 48.7. The summed E-state index contributed by atoms with van der Waals surface area (Å²) >= 11 is 0. The van der Waals surface area contributed by atoms with Crippen molar-refractivity contribution in [2.45, 2.75) is 140 Å². The molecular weight excluding hydrogens is 1290 g/mol. The molecule has 0 unspecified atom stereocenters. The van der Waals surface area contributed by atoms with E-state index in [4.69, 9.17) is 18.9 Å². The Hall–Kier alpha value is -7.92. The van der Waals surface area contributed by atoms with Crippen LogP contribution < -0.4 is 41.0 Å². The molecular formula is C82H102F2N10O8. The third-order valence-electron chi connectivity index (χ3n) is 22.3. The average molecular weight is 1390 g/mol. The molecule has 2 aromatic heterocycles. The molecule has 20 heteroatoms. The second-order valence-corrected chi connectivity index (χ2v) is 31.9. The summed E-state index contributed by atoms with van der Waals surface area (Å²) in [5, 5.41) is 7.33. The van der Waals surface area contributed by atoms with Crippen LogP contribution in [0, 0.1) is 11.6 Å². The lowest BCUT2D eigenvalue weighted by atomic mass is 9.73. The number of hydrogen-bond acceptors (Lipinski definition) is 14. The number of fused-ring (bicyclic) bond motifs is 2. The molecule has 0 spiro atoms. The molecule has 13 rings (SSSR count). The van der Waals surface area contributed by atoms with Crippen LogP contribution in [-0.4, -0.2) is 196 Å². The van der Waals surface area contributed by atoms with Gasteiger partial charge in [-0.2, -0.15) is 0 Å². The number of halogens is 2. The first kappa shape index (κ1) is 72.4. The Morgan fingerprint density at radius 3 is 1.31 bits per heavy atom. The van der Waals surface area contributed by atoms with E-state index in [-0.39, 0.29) is 94.9 Å². The van der Waals surface area contributed by atoms with Gasteiger partial charge in [0.25, 0.3) is 11.1 Å². The number of amides is 2. The molecule has 0 radical (unpaired) electrons. The number of pyridine rings is 2. The van der Waals surface area contributed by atoms with E-state index in [1.807, 2.05) is 21.9 Å². The van der Waals surface area contributed by atoms with E-state index in [2.05, 4.69) is 182 Å². The fourth-order valence-corrected chi connectivity index (χ4v) is 16.0. The number of carbonyl (C=O) groups excluding carboxylic acids is 2. The Morgan fingerprint density at radius 2 is 0.922 bits per heavy atom. The SMILES string of the molecule is C[C@@H]1CN(CC(=O)N2CC(C)(C)c3[nH]c(=O)c(Cc4ccc(F)cc4)cc32)[C@@H](CN2CCO[C@H](COc3ccc(C(C)(C)c4cccc(C(C)(C)c5ccc(OC[C@@H]6CN(C[C@H]7CN[C@@H](C)CN7CC(=O)N7CC(C)(C)c8[nH]c(=O)c(Cc9ccc(F)cc9)cc87)CCO6)cc5)c4)cc3)C2)CN1. The molecule has 6 aliphatic heterocycles. The molecule has 7 aromatic rings. The molecule has 4 N–H and O–H groups in total. The molecule has 542 valence electrons. The lowest BCUT2D eigenvalue weighted by Gasteiger charge is -2.43. The zero-order chi connectivity index (χ0) is 71.8. The van der Waals surface area contributed by atoms with Crippen LogP contribution in [0.15, 0.2) is 143 Å². The maximum absolute atomic E-state index is 14.5. The highest BCUT2D eigenvalue weighted by atomic mass is 19.1. The Balaban J connectivity index is 0.573. The lowest BCUT2D eigenvalue weighted by Crippen LogP contribution is -2.61. The first-order valence-electron chi connectivity index (χ1n) is 36.5. The maximum atomic E-state index is 14.5. The second kappa shape index (κ2) is 30.0. The maximum Gasteiger partial charge on any atom is 0.251 e. The average Bonchev–Trinajstić information content (AvgIpc) is 1.58. The summed E-state index contributed by atoms with van der Waals surface area (Å²) in [6.45, 7) is 32.5. The van der Waals surface area contributed by atoms with Gasteiger partial charge in [-0.15, -0.1) is 0 Å². The second-order valence-electron chi connectivity index (χ2n) is 31.9. The summed E-state index contributed by atoms with van der Waals surface area (Å²) in [7, 11) is 0. The minimum absolute atomic E-state index is 0.000104. The van der Waals surface area contributed by atoms with Crippen LogP contribution in [-0.2, 0) is 53.6 Å². The highest BCUT2D eigenvalue weighted by molar-refractivity contribution is 5.98. The minimum atomic E-state index is -0.439. The normalized spacial score (nSPS) is 22.7. The van der Waals surface area contributed by atoms with Gasteiger partial charge in [-0.1, -0.05) is 128 Å². The van der Waals surface area contributed by atoms with Gasteiger partial charge in [0, 0.05) is 160 Å². The van der Waals surface area contributed by atoms with Gasteiger partial charge < -0.3 is 49.3 Å². The standard InChI is InChI=1S/C82H102F2N10O8/c1-53-41-91(47-73(95)93-51-79(3,4)75-71(93)36-57(77(97)87-75)34-55-14-22-63(83)23-15-55)65(39-85-53)43-89-30-32-99-69(45-89)49-101-67-26-18-59(19-27-67)81(7,8)61-12-11-13-62(38-61)82(9,10)60-20-28-68(29-21-60)102-50-70-46-90(31-33-100-70)44-66-40-86-54(2)42-92(66)48-74(96)94-52-80(5,6)76-72(94)37-58(78(98)88-76)35-56-16-24-64(84)25-17-56/h11-29,36-38,53-54,65-66,69-70,85-86H,30-35,39-52H2,1-10H3,(H,87,97)(H,88,98)/t53-,54+,65-,66-,69+,70+/m1/s1. The number of H-pyrrole nitrogens is 2. The van der Waals surface area contributed by atoms with Crippen molar-refractivity contribution in [3.63, 3.8) is 0 Å². The van der Waals surface area contributed by atoms with Gasteiger partial charge in [-0.25, -0.2) is 8.78 Å². The molecule has 4 fully saturated rings. The number of morpholine rings is 2. The third-order valence-corrected chi connectivity index (χ3v) is 22.3. The van der Waals surface area contributed by atoms with Gasteiger partial charge >= 0.3 is 0 Å². The van der Waals surface area contributed by atoms with Crippen molar-refractivity contribution < 1.29 is 37.3 Å². The summed E-state index contributed by atoms with van der Waals surface area (Å²) in [6.07, 6.45) is 0.413. The van der Waals surface area contributed by atoms with Gasteiger partial charge in [0.05, 0.1) is 37.7 Å². The van der Waals surface area contributed by atoms with Crippen LogP contribution in [0.2, 0.25) is 0 Å². The van der Waals surface area contributed by atoms with Crippen LogP contribution in [0.25, 0.3) is 0 Å². The number of anilines is 2. The van der Waals surface area contributed by atoms with Crippen LogP contribution in [0.5, 0.6) is 11.5 Å². The zero-order valence-corrected chi connectivity index (χ0v) is 61.0. The first-order valence-corrected chi connectivity index (χ1v) is 36.5. The molecule has 6 atom stereocenters. The smallest absolute Gasteiger partial charge is 0.251 e. The fourth-order valence-electron chi connectivity index (χ4n) is 16.0. The molecule has 8 heterocycles. The minimum Gasteiger partial charge on any atom is -0.491 e. The fraction of sp³-hybridized carbons (Fsp3) is 0.488. The summed E-state index contributed by atoms with van der Waals surface area (Å²) in [5.41, 5.74) is 8.62. The Bertz CT molecular complexity index is 3970. The zero-order valence-electron chi connectivity index (χ0n) is 61.0. The summed E-state index contributed by atoms with van der Waals surface area (Å²) in [5.74, 6) is 0.915. The van der Waals surface area contributed by atoms with E-state index in [1.54, 1.807) is 24.3 Å². The molecule has 0 aliphatic carbocycles. The highest BCUT2D eigenvalue weighted by Crippen LogP contribution is 2.42. The van der Waals surface area contributed by atoms with Crippen LogP contribution in [0.3, 0.4) is 0 Å². The Morgan fingerprint density at radius 1 is 0.529 bits per heavy atom. The number of aromatic nitrogens is 2. The van der Waals surface area contributed by atoms with Gasteiger partial charge in [0.2, 0.25) is 11.8 Å². The number of nitrogens with one attached hydrogen (secondary N) is 4. The van der Waals surface area contributed by atoms with E-state index < -0.39 is 10.8 Å². The molecule has 6 aliphatic rings. The predicted molar refractivity (Wildman–Crippen MR) is 396 cm³/mol. The predicted octanol–water partition coefficient (Wildman–Crippen LogP) is 9.31. The number of aromatic amines is 2. The third kappa shape index (κ3) is 16.4. The molecule has 102 heavy (non-hydrogen) atoms. The highest BCUT2D eigenvalue weighted by Gasteiger charge is 2.44. The number of piperazine rings is 2. The Labute approximate surface area is 599 Å². The number of hydrogen-bond donors (Lipinski definition) is 4. The molecule has 0 saturated carbocycles. The number of nitrogens with zero attached hydrogens (tertiary/aromatic N) is 6.